The summed E-state index contributed by atoms with van der Waals surface area (Å²) in [6, 6.07) is 17.5. The zero-order chi connectivity index (χ0) is 25.8. The third-order valence-electron chi connectivity index (χ3n) is 6.96. The normalized spacial score (nSPS) is 14.5. The molecule has 5 rings (SSSR count). The van der Waals surface area contributed by atoms with Crippen LogP contribution in [0.5, 0.6) is 0 Å². The van der Waals surface area contributed by atoms with Crippen LogP contribution >= 0.6 is 0 Å². The Balaban J connectivity index is 1.43. The van der Waals surface area contributed by atoms with Crippen LogP contribution in [0, 0.1) is 5.41 Å². The molecule has 2 aromatic heterocycles. The lowest BCUT2D eigenvalue weighted by atomic mass is 9.85. The number of H-pyrrole nitrogens is 1. The second-order valence-electron chi connectivity index (χ2n) is 9.37. The van der Waals surface area contributed by atoms with Gasteiger partial charge in [0, 0.05) is 29.6 Å². The van der Waals surface area contributed by atoms with Gasteiger partial charge in [0.2, 0.25) is 0 Å². The smallest absolute Gasteiger partial charge is 0.410 e. The van der Waals surface area contributed by atoms with Crippen molar-refractivity contribution >= 4 is 23.0 Å². The van der Waals surface area contributed by atoms with Crippen LogP contribution in [-0.4, -0.2) is 60.8 Å². The number of carbonyl (C=O) groups is 2. The molecule has 4 aromatic rings. The lowest BCUT2D eigenvalue weighted by molar-refractivity contribution is -0.149. The van der Waals surface area contributed by atoms with E-state index in [4.69, 9.17) is 9.72 Å². The number of carbonyl (C=O) groups excluding carboxylic acids is 1. The standard InChI is InChI=1S/C27H28N6O4/c1-2-37-26(36)33(17-27(25(34)35)13-5-6-14-27)16-18-9-11-22-19(15-18)10-12-23(28-22)20-7-3-4-8-21(20)24-29-31-32-30-24/h3-4,7-12,15H,2,5-6,13-14,16-17H2,1H3,(H,34,35)(H,29,30,31,32). The first-order chi connectivity index (χ1) is 18.0. The number of benzene rings is 2. The fourth-order valence-corrected chi connectivity index (χ4v) is 5.09. The molecule has 0 spiro atoms. The molecule has 1 amide bonds. The van der Waals surface area contributed by atoms with Gasteiger partial charge < -0.3 is 14.7 Å². The number of aliphatic carboxylic acids is 1. The fourth-order valence-electron chi connectivity index (χ4n) is 5.09. The molecule has 37 heavy (non-hydrogen) atoms. The molecule has 0 bridgehead atoms. The highest BCUT2D eigenvalue weighted by atomic mass is 16.6. The Bertz CT molecular complexity index is 1420. The minimum atomic E-state index is -0.924. The van der Waals surface area contributed by atoms with Crippen molar-refractivity contribution in [3.63, 3.8) is 0 Å². The Kier molecular flexibility index (Phi) is 6.80. The number of amides is 1. The molecular weight excluding hydrogens is 472 g/mol. The molecule has 0 radical (unpaired) electrons. The zero-order valence-corrected chi connectivity index (χ0v) is 20.6. The number of pyridine rings is 1. The molecule has 10 nitrogen and oxygen atoms in total. The summed E-state index contributed by atoms with van der Waals surface area (Å²) in [4.78, 5) is 31.3. The van der Waals surface area contributed by atoms with Crippen LogP contribution in [-0.2, 0) is 16.1 Å². The van der Waals surface area contributed by atoms with Gasteiger partial charge in [-0.2, -0.15) is 0 Å². The van der Waals surface area contributed by atoms with E-state index in [0.717, 1.165) is 46.1 Å². The van der Waals surface area contributed by atoms with Gasteiger partial charge in [-0.15, -0.1) is 5.10 Å². The van der Waals surface area contributed by atoms with Gasteiger partial charge in [-0.05, 0) is 54.0 Å². The first kappa shape index (κ1) is 24.4. The van der Waals surface area contributed by atoms with E-state index >= 15 is 0 Å². The van der Waals surface area contributed by atoms with Gasteiger partial charge in [-0.1, -0.05) is 49.2 Å². The number of carboxylic acid groups (broad SMARTS) is 1. The largest absolute Gasteiger partial charge is 0.481 e. The van der Waals surface area contributed by atoms with Crippen molar-refractivity contribution in [3.8, 4) is 22.6 Å². The number of tetrazole rings is 1. The molecule has 1 fully saturated rings. The van der Waals surface area contributed by atoms with Gasteiger partial charge in [0.05, 0.1) is 23.2 Å². The van der Waals surface area contributed by atoms with Crippen LogP contribution in [0.3, 0.4) is 0 Å². The van der Waals surface area contributed by atoms with Crippen molar-refractivity contribution in [3.05, 3.63) is 60.2 Å². The Morgan fingerprint density at radius 3 is 2.57 bits per heavy atom. The van der Waals surface area contributed by atoms with E-state index in [-0.39, 0.29) is 19.7 Å². The summed E-state index contributed by atoms with van der Waals surface area (Å²) in [6.07, 6.45) is 2.33. The first-order valence-electron chi connectivity index (χ1n) is 12.4. The van der Waals surface area contributed by atoms with E-state index < -0.39 is 17.5 Å². The predicted octanol–water partition coefficient (Wildman–Crippen LogP) is 4.69. The lowest BCUT2D eigenvalue weighted by Gasteiger charge is -2.31. The van der Waals surface area contributed by atoms with E-state index in [0.29, 0.717) is 18.7 Å². The molecule has 0 unspecified atom stereocenters. The van der Waals surface area contributed by atoms with Crippen molar-refractivity contribution in [1.29, 1.82) is 0 Å². The molecule has 0 aliphatic heterocycles. The van der Waals surface area contributed by atoms with Crippen molar-refractivity contribution in [2.24, 2.45) is 5.41 Å². The van der Waals surface area contributed by atoms with E-state index in [9.17, 15) is 14.7 Å². The van der Waals surface area contributed by atoms with Gasteiger partial charge >= 0.3 is 12.1 Å². The maximum atomic E-state index is 12.8. The number of fused-ring (bicyclic) bond motifs is 1. The summed E-state index contributed by atoms with van der Waals surface area (Å²) < 4.78 is 5.27. The second-order valence-corrected chi connectivity index (χ2v) is 9.37. The molecule has 2 N–H and O–H groups in total. The Morgan fingerprint density at radius 2 is 1.86 bits per heavy atom. The van der Waals surface area contributed by atoms with Crippen LogP contribution in [0.1, 0.15) is 38.2 Å². The Hall–Kier alpha value is -4.34. The van der Waals surface area contributed by atoms with Crippen LogP contribution in [0.15, 0.2) is 54.6 Å². The summed E-state index contributed by atoms with van der Waals surface area (Å²) in [5.74, 6) is -0.288. The first-order valence-corrected chi connectivity index (χ1v) is 12.4. The number of rotatable bonds is 8. The molecule has 10 heteroatoms. The highest BCUT2D eigenvalue weighted by molar-refractivity contribution is 5.85. The van der Waals surface area contributed by atoms with Crippen LogP contribution in [0.4, 0.5) is 4.79 Å². The molecule has 1 saturated carbocycles. The number of aromatic amines is 1. The third-order valence-corrected chi connectivity index (χ3v) is 6.96. The Labute approximate surface area is 213 Å². The maximum absolute atomic E-state index is 12.8. The molecule has 2 heterocycles. The Morgan fingerprint density at radius 1 is 1.08 bits per heavy atom. The van der Waals surface area contributed by atoms with Gasteiger partial charge in [0.25, 0.3) is 0 Å². The monoisotopic (exact) mass is 500 g/mol. The molecule has 0 saturated heterocycles. The van der Waals surface area contributed by atoms with Gasteiger partial charge in [0.1, 0.15) is 0 Å². The topological polar surface area (TPSA) is 134 Å². The number of aromatic nitrogens is 5. The number of carboxylic acids is 1. The molecule has 190 valence electrons. The number of hydrogen-bond acceptors (Lipinski definition) is 7. The molecule has 2 aromatic carbocycles. The SMILES string of the molecule is CCOC(=O)N(Cc1ccc2nc(-c3ccccc3-c3nnn[nH]3)ccc2c1)CC1(C(=O)O)CCCC1. The number of nitrogens with zero attached hydrogens (tertiary/aromatic N) is 5. The van der Waals surface area contributed by atoms with Crippen LogP contribution in [0.25, 0.3) is 33.5 Å². The number of nitrogens with one attached hydrogen (secondary N) is 1. The van der Waals surface area contributed by atoms with Crippen molar-refractivity contribution < 1.29 is 19.4 Å². The highest BCUT2D eigenvalue weighted by Gasteiger charge is 2.43. The lowest BCUT2D eigenvalue weighted by Crippen LogP contribution is -2.44. The molecule has 1 aliphatic carbocycles. The minimum Gasteiger partial charge on any atom is -0.481 e. The van der Waals surface area contributed by atoms with Gasteiger partial charge in [-0.3, -0.25) is 4.79 Å². The zero-order valence-electron chi connectivity index (χ0n) is 20.6. The van der Waals surface area contributed by atoms with Crippen molar-refractivity contribution in [2.45, 2.75) is 39.2 Å². The quantitative estimate of drug-likeness (QED) is 0.356. The summed E-state index contributed by atoms with van der Waals surface area (Å²) in [6.45, 7) is 2.36. The van der Waals surface area contributed by atoms with E-state index in [1.807, 2.05) is 54.6 Å². The fraction of sp³-hybridized carbons (Fsp3) is 0.333. The molecular formula is C27H28N6O4. The van der Waals surface area contributed by atoms with E-state index in [2.05, 4.69) is 20.6 Å². The summed E-state index contributed by atoms with van der Waals surface area (Å²) in [7, 11) is 0. The summed E-state index contributed by atoms with van der Waals surface area (Å²) in [5, 5.41) is 25.0. The predicted molar refractivity (Wildman–Crippen MR) is 136 cm³/mol. The van der Waals surface area contributed by atoms with E-state index in [1.165, 1.54) is 4.90 Å². The van der Waals surface area contributed by atoms with Crippen molar-refractivity contribution in [1.82, 2.24) is 30.5 Å². The summed E-state index contributed by atoms with van der Waals surface area (Å²) in [5.41, 5.74) is 3.28. The van der Waals surface area contributed by atoms with Gasteiger partial charge in [0.15, 0.2) is 5.82 Å². The number of ether oxygens (including phenoxy) is 1. The number of hydrogen-bond donors (Lipinski definition) is 2. The van der Waals surface area contributed by atoms with E-state index in [1.54, 1.807) is 6.92 Å². The average Bonchev–Trinajstić information content (AvgIpc) is 3.62. The maximum Gasteiger partial charge on any atom is 0.410 e. The highest BCUT2D eigenvalue weighted by Crippen LogP contribution is 2.39. The molecule has 0 atom stereocenters. The molecule has 1 aliphatic rings. The second kappa shape index (κ2) is 10.3. The van der Waals surface area contributed by atoms with Crippen LogP contribution < -0.4 is 0 Å². The third kappa shape index (κ3) is 5.00. The minimum absolute atomic E-state index is 0.129. The van der Waals surface area contributed by atoms with Crippen LogP contribution in [0.2, 0.25) is 0 Å². The van der Waals surface area contributed by atoms with Gasteiger partial charge in [-0.25, -0.2) is 14.9 Å². The van der Waals surface area contributed by atoms with Crippen molar-refractivity contribution in [2.75, 3.05) is 13.2 Å². The summed E-state index contributed by atoms with van der Waals surface area (Å²) >= 11 is 0. The average molecular weight is 501 g/mol.